The number of hydrogen-bond acceptors (Lipinski definition) is 6. The minimum absolute atomic E-state index is 0.0911. The number of esters is 1. The fraction of sp³-hybridized carbons (Fsp3) is 0.611. The molecule has 7 nitrogen and oxygen atoms in total. The van der Waals surface area contributed by atoms with Crippen LogP contribution in [0.2, 0.25) is 5.02 Å². The van der Waals surface area contributed by atoms with Gasteiger partial charge in [-0.05, 0) is 37.5 Å². The van der Waals surface area contributed by atoms with E-state index in [2.05, 4.69) is 0 Å². The molecule has 0 N–H and O–H groups in total. The molecule has 2 heterocycles. The van der Waals surface area contributed by atoms with E-state index in [9.17, 15) is 13.2 Å². The first-order valence-corrected chi connectivity index (χ1v) is 11.0. The van der Waals surface area contributed by atoms with Gasteiger partial charge < -0.3 is 4.74 Å². The van der Waals surface area contributed by atoms with Crippen LogP contribution in [0.5, 0.6) is 0 Å². The molecule has 2 aliphatic rings. The van der Waals surface area contributed by atoms with Crippen molar-refractivity contribution in [1.29, 1.82) is 0 Å². The van der Waals surface area contributed by atoms with Crippen LogP contribution in [0.4, 0.5) is 0 Å². The molecule has 2 aliphatic heterocycles. The predicted molar refractivity (Wildman–Crippen MR) is 102 cm³/mol. The predicted octanol–water partition coefficient (Wildman–Crippen LogP) is 2.23. The van der Waals surface area contributed by atoms with Gasteiger partial charge in [0.15, 0.2) is 0 Å². The molecule has 150 valence electrons. The average Bonchev–Trinajstić information content (AvgIpc) is 3.04. The summed E-state index contributed by atoms with van der Waals surface area (Å²) in [6.07, 6.45) is 0.951. The molecule has 1 aromatic rings. The van der Waals surface area contributed by atoms with Gasteiger partial charge in [-0.2, -0.15) is 5.06 Å². The van der Waals surface area contributed by atoms with Crippen molar-refractivity contribution < 1.29 is 22.8 Å². The Bertz CT molecular complexity index is 780. The SMILES string of the molecule is CCOC(=O)C1CCN(S(=O)(=O)C2CON(C)C2c2cccc(Cl)c2)CC1. The van der Waals surface area contributed by atoms with Gasteiger partial charge in [0.25, 0.3) is 0 Å². The molecule has 2 unspecified atom stereocenters. The molecule has 0 bridgehead atoms. The van der Waals surface area contributed by atoms with Gasteiger partial charge in [-0.25, -0.2) is 12.7 Å². The second kappa shape index (κ2) is 8.45. The molecule has 1 aromatic carbocycles. The number of nitrogens with zero attached hydrogens (tertiary/aromatic N) is 2. The summed E-state index contributed by atoms with van der Waals surface area (Å²) in [4.78, 5) is 17.4. The van der Waals surface area contributed by atoms with Gasteiger partial charge in [0.2, 0.25) is 10.0 Å². The number of piperidine rings is 1. The molecular formula is C18H25ClN2O5S. The van der Waals surface area contributed by atoms with Crippen molar-refractivity contribution in [3.63, 3.8) is 0 Å². The maximum atomic E-state index is 13.3. The van der Waals surface area contributed by atoms with E-state index in [0.717, 1.165) is 5.56 Å². The number of sulfonamides is 1. The van der Waals surface area contributed by atoms with Crippen LogP contribution in [0, 0.1) is 5.92 Å². The Kier molecular flexibility index (Phi) is 6.43. The zero-order valence-corrected chi connectivity index (χ0v) is 17.1. The Morgan fingerprint density at radius 3 is 2.67 bits per heavy atom. The second-order valence-corrected chi connectivity index (χ2v) is 9.44. The van der Waals surface area contributed by atoms with Gasteiger partial charge in [0.05, 0.1) is 25.2 Å². The van der Waals surface area contributed by atoms with Crippen molar-refractivity contribution in [3.05, 3.63) is 34.9 Å². The number of ether oxygens (including phenoxy) is 1. The summed E-state index contributed by atoms with van der Waals surface area (Å²) in [5.74, 6) is -0.474. The molecule has 0 spiro atoms. The lowest BCUT2D eigenvalue weighted by Gasteiger charge is -2.33. The van der Waals surface area contributed by atoms with Gasteiger partial charge in [0.1, 0.15) is 5.25 Å². The van der Waals surface area contributed by atoms with E-state index in [-0.39, 0.29) is 18.5 Å². The first kappa shape index (κ1) is 20.5. The summed E-state index contributed by atoms with van der Waals surface area (Å²) in [6.45, 7) is 2.82. The van der Waals surface area contributed by atoms with E-state index in [0.29, 0.717) is 37.6 Å². The summed E-state index contributed by atoms with van der Waals surface area (Å²) in [5.41, 5.74) is 0.803. The highest BCUT2D eigenvalue weighted by Gasteiger charge is 2.46. The summed E-state index contributed by atoms with van der Waals surface area (Å²) < 4.78 is 33.1. The van der Waals surface area contributed by atoms with Gasteiger partial charge in [0, 0.05) is 25.2 Å². The van der Waals surface area contributed by atoms with Crippen LogP contribution in [0.3, 0.4) is 0 Å². The zero-order valence-electron chi connectivity index (χ0n) is 15.5. The van der Waals surface area contributed by atoms with Crippen LogP contribution < -0.4 is 0 Å². The van der Waals surface area contributed by atoms with Gasteiger partial charge in [-0.15, -0.1) is 0 Å². The molecule has 0 aliphatic carbocycles. The summed E-state index contributed by atoms with van der Waals surface area (Å²) >= 11 is 6.09. The largest absolute Gasteiger partial charge is 0.466 e. The van der Waals surface area contributed by atoms with Gasteiger partial charge >= 0.3 is 5.97 Å². The van der Waals surface area contributed by atoms with Gasteiger partial charge in [-0.1, -0.05) is 23.7 Å². The van der Waals surface area contributed by atoms with Crippen LogP contribution >= 0.6 is 11.6 Å². The first-order valence-electron chi connectivity index (χ1n) is 9.11. The number of halogens is 1. The maximum Gasteiger partial charge on any atom is 0.309 e. The lowest BCUT2D eigenvalue weighted by molar-refractivity contribution is -0.149. The standard InChI is InChI=1S/C18H25ClN2O5S/c1-3-25-18(22)13-7-9-21(10-8-13)27(23,24)16-12-26-20(2)17(16)14-5-4-6-15(19)11-14/h4-6,11,13,16-17H,3,7-10,12H2,1-2H3. The minimum atomic E-state index is -3.59. The molecule has 0 radical (unpaired) electrons. The topological polar surface area (TPSA) is 76.1 Å². The zero-order chi connectivity index (χ0) is 19.6. The van der Waals surface area contributed by atoms with Crippen molar-refractivity contribution in [1.82, 2.24) is 9.37 Å². The molecule has 9 heteroatoms. The fourth-order valence-electron chi connectivity index (χ4n) is 3.76. The van der Waals surface area contributed by atoms with Crippen molar-refractivity contribution in [2.24, 2.45) is 5.92 Å². The van der Waals surface area contributed by atoms with E-state index >= 15 is 0 Å². The molecule has 3 rings (SSSR count). The molecule has 0 amide bonds. The third kappa shape index (κ3) is 4.30. The number of carbonyl (C=O) groups excluding carboxylic acids is 1. The van der Waals surface area contributed by atoms with Crippen LogP contribution in [0.1, 0.15) is 31.4 Å². The quantitative estimate of drug-likeness (QED) is 0.685. The summed E-state index contributed by atoms with van der Waals surface area (Å²) in [5, 5.41) is 1.42. The molecule has 2 atom stereocenters. The Balaban J connectivity index is 1.75. The van der Waals surface area contributed by atoms with Crippen LogP contribution in [0.15, 0.2) is 24.3 Å². The smallest absolute Gasteiger partial charge is 0.309 e. The lowest BCUT2D eigenvalue weighted by Crippen LogP contribution is -2.46. The number of hydroxylamine groups is 2. The Morgan fingerprint density at radius 2 is 2.04 bits per heavy atom. The third-order valence-electron chi connectivity index (χ3n) is 5.19. The molecule has 2 fully saturated rings. The summed E-state index contributed by atoms with van der Waals surface area (Å²) in [6, 6.07) is 6.75. The molecular weight excluding hydrogens is 392 g/mol. The van der Waals surface area contributed by atoms with E-state index in [1.165, 1.54) is 4.31 Å². The highest BCUT2D eigenvalue weighted by atomic mass is 35.5. The number of rotatable bonds is 5. The molecule has 27 heavy (non-hydrogen) atoms. The van der Waals surface area contributed by atoms with Crippen molar-refractivity contribution >= 4 is 27.6 Å². The highest BCUT2D eigenvalue weighted by Crippen LogP contribution is 2.36. The monoisotopic (exact) mass is 416 g/mol. The Hall–Kier alpha value is -1.19. The van der Waals surface area contributed by atoms with Crippen molar-refractivity contribution in [3.8, 4) is 0 Å². The van der Waals surface area contributed by atoms with Gasteiger partial charge in [-0.3, -0.25) is 9.63 Å². The number of hydrogen-bond donors (Lipinski definition) is 0. The van der Waals surface area contributed by atoms with E-state index < -0.39 is 21.3 Å². The number of carbonyl (C=O) groups is 1. The number of benzene rings is 1. The molecule has 2 saturated heterocycles. The average molecular weight is 417 g/mol. The normalized spacial score (nSPS) is 25.6. The van der Waals surface area contributed by atoms with Crippen LogP contribution in [-0.4, -0.2) is 62.4 Å². The van der Waals surface area contributed by atoms with Crippen LogP contribution in [0.25, 0.3) is 0 Å². The molecule has 0 aromatic heterocycles. The lowest BCUT2D eigenvalue weighted by atomic mass is 9.98. The first-order chi connectivity index (χ1) is 12.8. The fourth-order valence-corrected chi connectivity index (χ4v) is 5.95. The Morgan fingerprint density at radius 1 is 1.33 bits per heavy atom. The van der Waals surface area contributed by atoms with E-state index in [4.69, 9.17) is 21.2 Å². The summed E-state index contributed by atoms with van der Waals surface area (Å²) in [7, 11) is -1.86. The van der Waals surface area contributed by atoms with Crippen molar-refractivity contribution in [2.75, 3.05) is 33.4 Å². The van der Waals surface area contributed by atoms with E-state index in [1.54, 1.807) is 37.2 Å². The van der Waals surface area contributed by atoms with Crippen molar-refractivity contribution in [2.45, 2.75) is 31.1 Å². The maximum absolute atomic E-state index is 13.3. The minimum Gasteiger partial charge on any atom is -0.466 e. The highest BCUT2D eigenvalue weighted by molar-refractivity contribution is 7.89. The van der Waals surface area contributed by atoms with E-state index in [1.807, 2.05) is 6.07 Å². The second-order valence-electron chi connectivity index (χ2n) is 6.85. The molecule has 0 saturated carbocycles. The Labute approximate surface area is 165 Å². The van der Waals surface area contributed by atoms with Crippen LogP contribution in [-0.2, 0) is 24.4 Å². The third-order valence-corrected chi connectivity index (χ3v) is 7.67.